The van der Waals surface area contributed by atoms with Gasteiger partial charge in [-0.1, -0.05) is 32.4 Å². The van der Waals surface area contributed by atoms with Crippen molar-refractivity contribution in [3.8, 4) is 5.75 Å². The van der Waals surface area contributed by atoms with Crippen LogP contribution in [0.3, 0.4) is 0 Å². The number of ether oxygens (including phenoxy) is 1. The van der Waals surface area contributed by atoms with Crippen LogP contribution in [0.1, 0.15) is 42.6 Å². The summed E-state index contributed by atoms with van der Waals surface area (Å²) >= 11 is 0. The average Bonchev–Trinajstić information content (AvgIpc) is 2.82. The molecule has 1 fully saturated rings. The second-order valence-corrected chi connectivity index (χ2v) is 7.91. The number of aromatic nitrogens is 1. The van der Waals surface area contributed by atoms with Crippen LogP contribution in [0.2, 0.25) is 0 Å². The number of carbonyl (C=O) groups excluding carboxylic acids is 2. The number of pyridine rings is 1. The van der Waals surface area contributed by atoms with Gasteiger partial charge in [-0.3, -0.25) is 9.59 Å². The number of methoxy groups -OCH3 is 1. The third kappa shape index (κ3) is 5.75. The molecular formula is C24H32N4O3. The molecule has 1 aliphatic rings. The Hall–Kier alpha value is -3.09. The molecule has 7 nitrogen and oxygen atoms in total. The van der Waals surface area contributed by atoms with Gasteiger partial charge in [0, 0.05) is 44.8 Å². The largest absolute Gasteiger partial charge is 0.497 e. The topological polar surface area (TPSA) is 74.8 Å². The summed E-state index contributed by atoms with van der Waals surface area (Å²) in [7, 11) is 1.63. The highest BCUT2D eigenvalue weighted by Gasteiger charge is 2.26. The van der Waals surface area contributed by atoms with Crippen LogP contribution in [0.5, 0.6) is 5.75 Å². The van der Waals surface area contributed by atoms with Gasteiger partial charge in [-0.25, -0.2) is 4.98 Å². The van der Waals surface area contributed by atoms with Crippen molar-refractivity contribution < 1.29 is 14.3 Å². The highest BCUT2D eigenvalue weighted by atomic mass is 16.5. The molecule has 1 atom stereocenters. The van der Waals surface area contributed by atoms with Crippen LogP contribution < -0.4 is 15.0 Å². The minimum atomic E-state index is -0.158. The van der Waals surface area contributed by atoms with Gasteiger partial charge in [0.05, 0.1) is 12.7 Å². The Morgan fingerprint density at radius 1 is 1.13 bits per heavy atom. The van der Waals surface area contributed by atoms with Crippen LogP contribution in [-0.2, 0) is 11.3 Å². The van der Waals surface area contributed by atoms with Gasteiger partial charge >= 0.3 is 0 Å². The molecule has 166 valence electrons. The maximum absolute atomic E-state index is 12.9. The number of rotatable bonds is 8. The first-order chi connectivity index (χ1) is 15.0. The molecule has 7 heteroatoms. The standard InChI is InChI=1S/C24H32N4O3/c1-4-6-18(2)24(30)28-15-13-27(14-16-28)22-21(7-5-12-25-22)23(29)26-17-19-8-10-20(31-3)11-9-19/h5,7-12,18H,4,6,13-17H2,1-3H3,(H,26,29)/t18-/m0/s1. The molecule has 1 aromatic carbocycles. The molecule has 1 N–H and O–H groups in total. The molecule has 0 bridgehead atoms. The van der Waals surface area contributed by atoms with Crippen molar-refractivity contribution >= 4 is 17.6 Å². The van der Waals surface area contributed by atoms with E-state index in [2.05, 4.69) is 22.1 Å². The summed E-state index contributed by atoms with van der Waals surface area (Å²) in [5.74, 6) is 1.58. The van der Waals surface area contributed by atoms with E-state index in [0.717, 1.165) is 24.2 Å². The normalized spacial score (nSPS) is 14.8. The summed E-state index contributed by atoms with van der Waals surface area (Å²) in [5.41, 5.74) is 1.54. The molecule has 0 aliphatic carbocycles. The predicted molar refractivity (Wildman–Crippen MR) is 121 cm³/mol. The van der Waals surface area contributed by atoms with Crippen molar-refractivity contribution in [2.45, 2.75) is 33.2 Å². The number of benzene rings is 1. The van der Waals surface area contributed by atoms with Gasteiger partial charge in [0.2, 0.25) is 5.91 Å². The SMILES string of the molecule is CCC[C@H](C)C(=O)N1CCN(c2ncccc2C(=O)NCc2ccc(OC)cc2)CC1. The van der Waals surface area contributed by atoms with Gasteiger partial charge in [0.15, 0.2) is 0 Å². The van der Waals surface area contributed by atoms with Crippen LogP contribution >= 0.6 is 0 Å². The highest BCUT2D eigenvalue weighted by molar-refractivity contribution is 5.98. The van der Waals surface area contributed by atoms with Crippen molar-refractivity contribution in [2.24, 2.45) is 5.92 Å². The first-order valence-corrected chi connectivity index (χ1v) is 10.9. The molecular weight excluding hydrogens is 392 g/mol. The highest BCUT2D eigenvalue weighted by Crippen LogP contribution is 2.21. The van der Waals surface area contributed by atoms with E-state index in [4.69, 9.17) is 4.74 Å². The zero-order chi connectivity index (χ0) is 22.2. The van der Waals surface area contributed by atoms with E-state index in [-0.39, 0.29) is 17.7 Å². The van der Waals surface area contributed by atoms with Crippen molar-refractivity contribution in [2.75, 3.05) is 38.2 Å². The van der Waals surface area contributed by atoms with E-state index in [1.807, 2.05) is 36.1 Å². The predicted octanol–water partition coefficient (Wildman–Crippen LogP) is 3.11. The van der Waals surface area contributed by atoms with Gasteiger partial charge in [-0.15, -0.1) is 0 Å². The van der Waals surface area contributed by atoms with Crippen molar-refractivity contribution in [3.05, 3.63) is 53.7 Å². The zero-order valence-electron chi connectivity index (χ0n) is 18.6. The maximum Gasteiger partial charge on any atom is 0.255 e. The van der Waals surface area contributed by atoms with Crippen molar-refractivity contribution in [1.29, 1.82) is 0 Å². The van der Waals surface area contributed by atoms with Gasteiger partial charge in [0.25, 0.3) is 5.91 Å². The van der Waals surface area contributed by atoms with Gasteiger partial charge in [-0.05, 0) is 36.2 Å². The second-order valence-electron chi connectivity index (χ2n) is 7.91. The Morgan fingerprint density at radius 3 is 2.48 bits per heavy atom. The maximum atomic E-state index is 12.9. The lowest BCUT2D eigenvalue weighted by molar-refractivity contribution is -0.135. The summed E-state index contributed by atoms with van der Waals surface area (Å²) < 4.78 is 5.17. The number of anilines is 1. The van der Waals surface area contributed by atoms with Crippen molar-refractivity contribution in [3.63, 3.8) is 0 Å². The van der Waals surface area contributed by atoms with E-state index >= 15 is 0 Å². The lowest BCUT2D eigenvalue weighted by Crippen LogP contribution is -2.50. The van der Waals surface area contributed by atoms with Gasteiger partial charge in [-0.2, -0.15) is 0 Å². The molecule has 31 heavy (non-hydrogen) atoms. The van der Waals surface area contributed by atoms with E-state index in [0.29, 0.717) is 44.1 Å². The molecule has 0 unspecified atom stereocenters. The minimum Gasteiger partial charge on any atom is -0.497 e. The third-order valence-corrected chi connectivity index (χ3v) is 5.68. The van der Waals surface area contributed by atoms with Crippen molar-refractivity contribution in [1.82, 2.24) is 15.2 Å². The van der Waals surface area contributed by atoms with Gasteiger partial charge in [0.1, 0.15) is 11.6 Å². The first-order valence-electron chi connectivity index (χ1n) is 10.9. The van der Waals surface area contributed by atoms with E-state index in [9.17, 15) is 9.59 Å². The van der Waals surface area contributed by atoms with Crippen LogP contribution in [0, 0.1) is 5.92 Å². The van der Waals surface area contributed by atoms with E-state index in [1.54, 1.807) is 25.4 Å². The molecule has 0 spiro atoms. The molecule has 2 amide bonds. The fraction of sp³-hybridized carbons (Fsp3) is 0.458. The number of nitrogens with zero attached hydrogens (tertiary/aromatic N) is 3. The number of amides is 2. The molecule has 1 saturated heterocycles. The van der Waals surface area contributed by atoms with E-state index < -0.39 is 0 Å². The number of nitrogens with one attached hydrogen (secondary N) is 1. The number of carbonyl (C=O) groups is 2. The number of hydrogen-bond donors (Lipinski definition) is 1. The molecule has 1 aromatic heterocycles. The Morgan fingerprint density at radius 2 is 1.84 bits per heavy atom. The summed E-state index contributed by atoms with van der Waals surface area (Å²) in [4.78, 5) is 34.0. The van der Waals surface area contributed by atoms with Crippen LogP contribution in [0.4, 0.5) is 5.82 Å². The fourth-order valence-electron chi connectivity index (χ4n) is 3.85. The van der Waals surface area contributed by atoms with E-state index in [1.165, 1.54) is 0 Å². The Labute approximate surface area is 184 Å². The fourth-order valence-corrected chi connectivity index (χ4v) is 3.85. The number of hydrogen-bond acceptors (Lipinski definition) is 5. The Kier molecular flexibility index (Phi) is 7.87. The van der Waals surface area contributed by atoms with Crippen LogP contribution in [-0.4, -0.2) is 55.0 Å². The molecule has 0 saturated carbocycles. The summed E-state index contributed by atoms with van der Waals surface area (Å²) in [5, 5.41) is 2.98. The second kappa shape index (κ2) is 10.8. The molecule has 0 radical (unpaired) electrons. The minimum absolute atomic E-state index is 0.0608. The lowest BCUT2D eigenvalue weighted by Gasteiger charge is -2.37. The van der Waals surface area contributed by atoms with Crippen LogP contribution in [0.25, 0.3) is 0 Å². The van der Waals surface area contributed by atoms with Crippen LogP contribution in [0.15, 0.2) is 42.6 Å². The molecule has 1 aliphatic heterocycles. The monoisotopic (exact) mass is 424 g/mol. The lowest BCUT2D eigenvalue weighted by atomic mass is 10.0. The smallest absolute Gasteiger partial charge is 0.255 e. The summed E-state index contributed by atoms with van der Waals surface area (Å²) in [6.07, 6.45) is 3.63. The molecule has 2 heterocycles. The third-order valence-electron chi connectivity index (χ3n) is 5.68. The number of piperazine rings is 1. The Balaban J connectivity index is 1.61. The molecule has 3 rings (SSSR count). The zero-order valence-corrected chi connectivity index (χ0v) is 18.6. The quantitative estimate of drug-likeness (QED) is 0.705. The Bertz CT molecular complexity index is 877. The van der Waals surface area contributed by atoms with Gasteiger partial charge < -0.3 is 19.9 Å². The molecule has 2 aromatic rings. The first kappa shape index (κ1) is 22.6. The summed E-state index contributed by atoms with van der Waals surface area (Å²) in [6.45, 7) is 7.16. The summed E-state index contributed by atoms with van der Waals surface area (Å²) in [6, 6.07) is 11.2. The average molecular weight is 425 g/mol.